The Kier molecular flexibility index (Phi) is 4.90. The molecule has 5 heteroatoms. The van der Waals surface area contributed by atoms with Crippen LogP contribution in [0.25, 0.3) is 16.5 Å². The van der Waals surface area contributed by atoms with Gasteiger partial charge >= 0.3 is 5.97 Å². The largest absolute Gasteiger partial charge is 0.462 e. The van der Waals surface area contributed by atoms with Crippen LogP contribution in [0.2, 0.25) is 0 Å². The van der Waals surface area contributed by atoms with Gasteiger partial charge in [-0.1, -0.05) is 39.0 Å². The molecule has 2 heterocycles. The summed E-state index contributed by atoms with van der Waals surface area (Å²) in [6.45, 7) is 8.73. The lowest BCUT2D eigenvalue weighted by atomic mass is 9.91. The van der Waals surface area contributed by atoms with Crippen LogP contribution in [0.15, 0.2) is 30.5 Å². The van der Waals surface area contributed by atoms with Crippen molar-refractivity contribution in [1.82, 2.24) is 9.88 Å². The average molecular weight is 354 g/mol. The molecule has 0 saturated carbocycles. The first-order valence-electron chi connectivity index (χ1n) is 9.08. The van der Waals surface area contributed by atoms with Gasteiger partial charge in [-0.3, -0.25) is 4.79 Å². The molecule has 5 nitrogen and oxygen atoms in total. The first-order chi connectivity index (χ1) is 12.3. The topological polar surface area (TPSA) is 62.4 Å². The third kappa shape index (κ3) is 3.66. The number of aromatic nitrogens is 1. The van der Waals surface area contributed by atoms with E-state index in [0.717, 1.165) is 22.2 Å². The fourth-order valence-corrected chi connectivity index (χ4v) is 3.32. The Labute approximate surface area is 154 Å². The summed E-state index contributed by atoms with van der Waals surface area (Å²) in [5.74, 6) is -0.385. The van der Waals surface area contributed by atoms with Gasteiger partial charge in [0.15, 0.2) is 0 Å². The van der Waals surface area contributed by atoms with Gasteiger partial charge in [-0.2, -0.15) is 0 Å². The van der Waals surface area contributed by atoms with Crippen LogP contribution in [0.5, 0.6) is 0 Å². The minimum absolute atomic E-state index is 0.0220. The Morgan fingerprint density at radius 1 is 1.23 bits per heavy atom. The number of esters is 1. The highest BCUT2D eigenvalue weighted by Gasteiger charge is 2.28. The minimum atomic E-state index is -0.407. The van der Waals surface area contributed by atoms with Gasteiger partial charge in [0.1, 0.15) is 0 Å². The third-order valence-corrected chi connectivity index (χ3v) is 4.47. The van der Waals surface area contributed by atoms with E-state index in [1.807, 2.05) is 45.0 Å². The van der Waals surface area contributed by atoms with Gasteiger partial charge in [-0.15, -0.1) is 0 Å². The number of hydrogen-bond donors (Lipinski definition) is 1. The molecule has 0 radical (unpaired) electrons. The summed E-state index contributed by atoms with van der Waals surface area (Å²) >= 11 is 0. The fraction of sp³-hybridized carbons (Fsp3) is 0.429. The van der Waals surface area contributed by atoms with E-state index in [4.69, 9.17) is 4.74 Å². The van der Waals surface area contributed by atoms with Crippen LogP contribution >= 0.6 is 0 Å². The van der Waals surface area contributed by atoms with E-state index in [0.29, 0.717) is 31.6 Å². The van der Waals surface area contributed by atoms with E-state index in [2.05, 4.69) is 4.98 Å². The zero-order chi connectivity index (χ0) is 18.9. The van der Waals surface area contributed by atoms with Crippen molar-refractivity contribution in [2.24, 2.45) is 5.41 Å². The third-order valence-electron chi connectivity index (χ3n) is 4.47. The molecular weight excluding hydrogens is 328 g/mol. The van der Waals surface area contributed by atoms with Crippen LogP contribution in [0, 0.1) is 5.41 Å². The molecule has 1 amide bonds. The van der Waals surface area contributed by atoms with Crippen LogP contribution in [-0.4, -0.2) is 34.9 Å². The number of para-hydroxylation sites is 1. The van der Waals surface area contributed by atoms with E-state index in [9.17, 15) is 9.59 Å². The number of carbonyl (C=O) groups is 2. The summed E-state index contributed by atoms with van der Waals surface area (Å²) in [5, 5.41) is 1.09. The first kappa shape index (κ1) is 18.2. The van der Waals surface area contributed by atoms with Crippen molar-refractivity contribution in [2.45, 2.75) is 40.5 Å². The average Bonchev–Trinajstić information content (AvgIpc) is 2.81. The molecule has 0 bridgehead atoms. The summed E-state index contributed by atoms with van der Waals surface area (Å²) in [5.41, 5.74) is 3.11. The SMILES string of the molecule is CCOC(=O)C1=CN(C(=O)CC(C)(C)C)CCc2c1[nH]c1ccccc21. The van der Waals surface area contributed by atoms with Gasteiger partial charge in [0, 0.05) is 30.1 Å². The summed E-state index contributed by atoms with van der Waals surface area (Å²) in [6.07, 6.45) is 2.77. The molecule has 1 aromatic heterocycles. The van der Waals surface area contributed by atoms with E-state index in [1.165, 1.54) is 0 Å². The first-order valence-corrected chi connectivity index (χ1v) is 9.08. The number of nitrogens with zero attached hydrogens (tertiary/aromatic N) is 1. The van der Waals surface area contributed by atoms with E-state index in [1.54, 1.807) is 18.0 Å². The smallest absolute Gasteiger partial charge is 0.341 e. The zero-order valence-electron chi connectivity index (χ0n) is 15.9. The van der Waals surface area contributed by atoms with Crippen molar-refractivity contribution in [3.8, 4) is 0 Å². The molecule has 0 spiro atoms. The molecular formula is C21H26N2O3. The lowest BCUT2D eigenvalue weighted by molar-refractivity contribution is -0.136. The van der Waals surface area contributed by atoms with E-state index >= 15 is 0 Å². The number of carbonyl (C=O) groups excluding carboxylic acids is 2. The second-order valence-electron chi connectivity index (χ2n) is 7.86. The van der Waals surface area contributed by atoms with Crippen molar-refractivity contribution < 1.29 is 14.3 Å². The molecule has 0 fully saturated rings. The van der Waals surface area contributed by atoms with E-state index in [-0.39, 0.29) is 11.3 Å². The zero-order valence-corrected chi connectivity index (χ0v) is 15.9. The lowest BCUT2D eigenvalue weighted by Crippen LogP contribution is -2.31. The Morgan fingerprint density at radius 2 is 1.96 bits per heavy atom. The summed E-state index contributed by atoms with van der Waals surface area (Å²) < 4.78 is 5.25. The summed E-state index contributed by atoms with van der Waals surface area (Å²) in [6, 6.07) is 7.98. The number of aromatic amines is 1. The number of ether oxygens (including phenoxy) is 1. The number of rotatable bonds is 3. The Balaban J connectivity index is 2.05. The Morgan fingerprint density at radius 3 is 2.65 bits per heavy atom. The number of fused-ring (bicyclic) bond motifs is 3. The predicted octanol–water partition coefficient (Wildman–Crippen LogP) is 3.89. The van der Waals surface area contributed by atoms with Gasteiger partial charge in [-0.05, 0) is 30.4 Å². The predicted molar refractivity (Wildman–Crippen MR) is 102 cm³/mol. The Bertz CT molecular complexity index is 871. The van der Waals surface area contributed by atoms with Crippen LogP contribution in [0.3, 0.4) is 0 Å². The number of benzene rings is 1. The standard InChI is InChI=1S/C21H26N2O3/c1-5-26-20(25)16-13-23(18(24)12-21(2,3)4)11-10-15-14-8-6-7-9-17(14)22-19(15)16/h6-9,13,22H,5,10-12H2,1-4H3. The number of H-pyrrole nitrogens is 1. The van der Waals surface area contributed by atoms with Crippen molar-refractivity contribution in [3.05, 3.63) is 41.7 Å². The fourth-order valence-electron chi connectivity index (χ4n) is 3.32. The highest BCUT2D eigenvalue weighted by molar-refractivity contribution is 6.18. The van der Waals surface area contributed by atoms with Gasteiger partial charge < -0.3 is 14.6 Å². The summed E-state index contributed by atoms with van der Waals surface area (Å²) in [7, 11) is 0. The monoisotopic (exact) mass is 354 g/mol. The lowest BCUT2D eigenvalue weighted by Gasteiger charge is -2.23. The molecule has 1 aliphatic rings. The minimum Gasteiger partial charge on any atom is -0.462 e. The van der Waals surface area contributed by atoms with Gasteiger partial charge in [0.05, 0.1) is 17.9 Å². The second-order valence-corrected chi connectivity index (χ2v) is 7.86. The van der Waals surface area contributed by atoms with Crippen molar-refractivity contribution in [3.63, 3.8) is 0 Å². The molecule has 0 unspecified atom stereocenters. The number of hydrogen-bond acceptors (Lipinski definition) is 3. The van der Waals surface area contributed by atoms with Crippen LogP contribution < -0.4 is 0 Å². The highest BCUT2D eigenvalue weighted by Crippen LogP contribution is 2.32. The molecule has 2 aromatic rings. The van der Waals surface area contributed by atoms with Crippen LogP contribution in [-0.2, 0) is 20.7 Å². The normalized spacial score (nSPS) is 14.6. The molecule has 138 valence electrons. The molecule has 0 saturated heterocycles. The van der Waals surface area contributed by atoms with Gasteiger partial charge in [-0.25, -0.2) is 4.79 Å². The van der Waals surface area contributed by atoms with Crippen molar-refractivity contribution in [1.29, 1.82) is 0 Å². The molecule has 1 aromatic carbocycles. The molecule has 1 aliphatic heterocycles. The van der Waals surface area contributed by atoms with Gasteiger partial charge in [0.2, 0.25) is 5.91 Å². The summed E-state index contributed by atoms with van der Waals surface area (Å²) in [4.78, 5) is 30.4. The molecule has 0 aliphatic carbocycles. The maximum absolute atomic E-state index is 12.7. The van der Waals surface area contributed by atoms with Crippen molar-refractivity contribution in [2.75, 3.05) is 13.2 Å². The quantitative estimate of drug-likeness (QED) is 0.851. The molecule has 3 rings (SSSR count). The maximum atomic E-state index is 12.7. The maximum Gasteiger partial charge on any atom is 0.341 e. The molecule has 0 atom stereocenters. The van der Waals surface area contributed by atoms with Crippen molar-refractivity contribution >= 4 is 28.4 Å². The number of nitrogens with one attached hydrogen (secondary N) is 1. The molecule has 1 N–H and O–H groups in total. The van der Waals surface area contributed by atoms with E-state index < -0.39 is 5.97 Å². The van der Waals surface area contributed by atoms with Gasteiger partial charge in [0.25, 0.3) is 0 Å². The Hall–Kier alpha value is -2.56. The highest BCUT2D eigenvalue weighted by atomic mass is 16.5. The number of amides is 1. The van der Waals surface area contributed by atoms with Crippen LogP contribution in [0.1, 0.15) is 45.4 Å². The second kappa shape index (κ2) is 6.98. The molecule has 26 heavy (non-hydrogen) atoms. The van der Waals surface area contributed by atoms with Crippen LogP contribution in [0.4, 0.5) is 0 Å².